The van der Waals surface area contributed by atoms with E-state index < -0.39 is 0 Å². The molecule has 144 valence electrons. The van der Waals surface area contributed by atoms with E-state index in [9.17, 15) is 4.79 Å². The number of fused-ring (bicyclic) bond motifs is 2. The number of hydrogen-bond acceptors (Lipinski definition) is 5. The van der Waals surface area contributed by atoms with Crippen LogP contribution in [0.2, 0.25) is 0 Å². The maximum Gasteiger partial charge on any atom is 0.254 e. The lowest BCUT2D eigenvalue weighted by Crippen LogP contribution is -2.29. The first-order chi connectivity index (χ1) is 14.2. The Hall–Kier alpha value is -3.71. The highest BCUT2D eigenvalue weighted by molar-refractivity contribution is 5.99. The van der Waals surface area contributed by atoms with E-state index in [-0.39, 0.29) is 5.91 Å². The molecule has 0 bridgehead atoms. The highest BCUT2D eigenvalue weighted by atomic mass is 16.2. The van der Waals surface area contributed by atoms with E-state index in [4.69, 9.17) is 5.73 Å². The summed E-state index contributed by atoms with van der Waals surface area (Å²) >= 11 is 0. The normalized spacial score (nSPS) is 13.1. The molecule has 7 heteroatoms. The first-order valence-electron chi connectivity index (χ1n) is 9.53. The molecule has 0 atom stereocenters. The summed E-state index contributed by atoms with van der Waals surface area (Å²) in [7, 11) is 0. The van der Waals surface area contributed by atoms with Gasteiger partial charge in [-0.15, -0.1) is 5.10 Å². The fourth-order valence-corrected chi connectivity index (χ4v) is 3.68. The molecule has 7 nitrogen and oxygen atoms in total. The van der Waals surface area contributed by atoms with Gasteiger partial charge in [0.05, 0.1) is 5.69 Å². The van der Waals surface area contributed by atoms with Gasteiger partial charge in [0, 0.05) is 36.4 Å². The Morgan fingerprint density at radius 1 is 1.03 bits per heavy atom. The first kappa shape index (κ1) is 17.4. The van der Waals surface area contributed by atoms with Gasteiger partial charge in [0.15, 0.2) is 5.65 Å². The van der Waals surface area contributed by atoms with E-state index in [0.717, 1.165) is 33.7 Å². The fraction of sp³-hybridized carbons (Fsp3) is 0.136. The summed E-state index contributed by atoms with van der Waals surface area (Å²) in [5.74, 6) is 0.555. The predicted molar refractivity (Wildman–Crippen MR) is 112 cm³/mol. The molecule has 0 saturated heterocycles. The van der Waals surface area contributed by atoms with Crippen LogP contribution in [0, 0.1) is 0 Å². The molecule has 3 N–H and O–H groups in total. The molecule has 3 heterocycles. The van der Waals surface area contributed by atoms with E-state index in [1.54, 1.807) is 9.42 Å². The number of nitrogens with zero attached hydrogens (tertiary/aromatic N) is 4. The minimum Gasteiger partial charge on any atom is -0.333 e. The van der Waals surface area contributed by atoms with Crippen molar-refractivity contribution < 1.29 is 4.79 Å². The second-order valence-corrected chi connectivity index (χ2v) is 6.99. The smallest absolute Gasteiger partial charge is 0.254 e. The van der Waals surface area contributed by atoms with E-state index >= 15 is 0 Å². The van der Waals surface area contributed by atoms with Crippen molar-refractivity contribution in [2.24, 2.45) is 5.73 Å². The van der Waals surface area contributed by atoms with Crippen molar-refractivity contribution in [3.63, 3.8) is 0 Å². The average Bonchev–Trinajstić information content (AvgIpc) is 3.29. The van der Waals surface area contributed by atoms with Crippen LogP contribution in [0.5, 0.6) is 0 Å². The van der Waals surface area contributed by atoms with Gasteiger partial charge in [-0.3, -0.25) is 4.79 Å². The molecule has 0 aliphatic carbocycles. The van der Waals surface area contributed by atoms with E-state index in [1.807, 2.05) is 66.7 Å². The molecule has 0 saturated carbocycles. The predicted octanol–water partition coefficient (Wildman–Crippen LogP) is 3.05. The number of hydrogen-bond donors (Lipinski definition) is 2. The Labute approximate surface area is 167 Å². The fourth-order valence-electron chi connectivity index (χ4n) is 3.68. The molecule has 0 unspecified atom stereocenters. The minimum absolute atomic E-state index is 0.0319. The minimum atomic E-state index is 0.0319. The topological polar surface area (TPSA) is 88.5 Å². The monoisotopic (exact) mass is 384 g/mol. The van der Waals surface area contributed by atoms with Crippen molar-refractivity contribution in [1.82, 2.24) is 19.5 Å². The highest BCUT2D eigenvalue weighted by Gasteiger charge is 2.27. The Kier molecular flexibility index (Phi) is 4.22. The number of carbonyl (C=O) groups excluding carboxylic acids is 1. The number of nitrogens with two attached hydrogens (primary N) is 1. The van der Waals surface area contributed by atoms with Gasteiger partial charge in [0.2, 0.25) is 5.95 Å². The zero-order valence-corrected chi connectivity index (χ0v) is 15.7. The lowest BCUT2D eigenvalue weighted by atomic mass is 10.0. The van der Waals surface area contributed by atoms with Crippen LogP contribution in [0.3, 0.4) is 0 Å². The zero-order valence-electron chi connectivity index (χ0n) is 15.7. The second-order valence-electron chi connectivity index (χ2n) is 6.99. The quantitative estimate of drug-likeness (QED) is 0.552. The van der Waals surface area contributed by atoms with Crippen molar-refractivity contribution in [2.75, 3.05) is 18.4 Å². The highest BCUT2D eigenvalue weighted by Crippen LogP contribution is 2.29. The Morgan fingerprint density at radius 2 is 1.90 bits per heavy atom. The number of carbonyl (C=O) groups is 1. The van der Waals surface area contributed by atoms with Gasteiger partial charge in [-0.05, 0) is 35.9 Å². The van der Waals surface area contributed by atoms with Crippen LogP contribution >= 0.6 is 0 Å². The Morgan fingerprint density at radius 3 is 2.72 bits per heavy atom. The van der Waals surface area contributed by atoms with Gasteiger partial charge in [-0.1, -0.05) is 36.4 Å². The maximum absolute atomic E-state index is 12.7. The molecule has 2 aromatic heterocycles. The third kappa shape index (κ3) is 3.11. The number of aromatic nitrogens is 3. The van der Waals surface area contributed by atoms with Gasteiger partial charge in [0.25, 0.3) is 5.91 Å². The molecular formula is C22H20N6O. The van der Waals surface area contributed by atoms with Crippen molar-refractivity contribution in [3.8, 4) is 11.3 Å². The molecule has 5 rings (SSSR count). The van der Waals surface area contributed by atoms with Crippen LogP contribution in [0.25, 0.3) is 16.9 Å². The van der Waals surface area contributed by atoms with Crippen LogP contribution < -0.4 is 11.1 Å². The summed E-state index contributed by atoms with van der Waals surface area (Å²) in [6, 6.07) is 21.6. The summed E-state index contributed by atoms with van der Waals surface area (Å²) in [6.45, 7) is 1.64. The lowest BCUT2D eigenvalue weighted by Gasteiger charge is -2.13. The standard InChI is InChI=1S/C22H20N6O/c23-11-12-27-14-16-10-9-15(13-18(16)21(27)29)19-7-4-8-20-25-22(26-28(19)20)24-17-5-2-1-3-6-17/h1-10,13H,11-12,14,23H2,(H,24,26). The number of nitrogens with one attached hydrogen (secondary N) is 1. The summed E-state index contributed by atoms with van der Waals surface area (Å²) < 4.78 is 1.80. The molecule has 29 heavy (non-hydrogen) atoms. The maximum atomic E-state index is 12.7. The molecule has 2 aromatic carbocycles. The van der Waals surface area contributed by atoms with E-state index in [1.165, 1.54) is 0 Å². The molecule has 1 aliphatic heterocycles. The number of pyridine rings is 1. The van der Waals surface area contributed by atoms with E-state index in [2.05, 4.69) is 15.4 Å². The molecular weight excluding hydrogens is 364 g/mol. The van der Waals surface area contributed by atoms with Crippen LogP contribution in [-0.2, 0) is 6.54 Å². The molecule has 4 aromatic rings. The van der Waals surface area contributed by atoms with Crippen LogP contribution in [0.1, 0.15) is 15.9 Å². The van der Waals surface area contributed by atoms with Gasteiger partial charge < -0.3 is 16.0 Å². The average molecular weight is 384 g/mol. The largest absolute Gasteiger partial charge is 0.333 e. The third-order valence-corrected chi connectivity index (χ3v) is 5.07. The van der Waals surface area contributed by atoms with Crippen LogP contribution in [0.15, 0.2) is 66.7 Å². The number of rotatable bonds is 5. The summed E-state index contributed by atoms with van der Waals surface area (Å²) in [5, 5.41) is 7.85. The van der Waals surface area contributed by atoms with Gasteiger partial charge in [0.1, 0.15) is 0 Å². The summed E-state index contributed by atoms with van der Waals surface area (Å²) in [4.78, 5) is 19.0. The van der Waals surface area contributed by atoms with Crippen LogP contribution in [-0.4, -0.2) is 38.5 Å². The van der Waals surface area contributed by atoms with Gasteiger partial charge in [-0.2, -0.15) is 4.98 Å². The summed E-state index contributed by atoms with van der Waals surface area (Å²) in [5.41, 5.74) is 10.9. The van der Waals surface area contributed by atoms with E-state index in [0.29, 0.717) is 25.6 Å². The van der Waals surface area contributed by atoms with Crippen molar-refractivity contribution in [3.05, 3.63) is 77.9 Å². The van der Waals surface area contributed by atoms with Crippen molar-refractivity contribution in [1.29, 1.82) is 0 Å². The number of amides is 1. The zero-order chi connectivity index (χ0) is 19.8. The van der Waals surface area contributed by atoms with Crippen molar-refractivity contribution in [2.45, 2.75) is 6.54 Å². The number of anilines is 2. The van der Waals surface area contributed by atoms with Crippen molar-refractivity contribution >= 4 is 23.2 Å². The molecule has 0 fully saturated rings. The number of para-hydroxylation sites is 1. The third-order valence-electron chi connectivity index (χ3n) is 5.07. The molecule has 1 aliphatic rings. The second kappa shape index (κ2) is 7.03. The molecule has 0 spiro atoms. The summed E-state index contributed by atoms with van der Waals surface area (Å²) in [6.07, 6.45) is 0. The Balaban J connectivity index is 1.52. The Bertz CT molecular complexity index is 1200. The first-order valence-corrected chi connectivity index (χ1v) is 9.53. The lowest BCUT2D eigenvalue weighted by molar-refractivity contribution is 0.0783. The van der Waals surface area contributed by atoms with Gasteiger partial charge >= 0.3 is 0 Å². The number of benzene rings is 2. The molecule has 1 amide bonds. The SMILES string of the molecule is NCCN1Cc2ccc(-c3cccc4nc(Nc5ccccc5)nn34)cc2C1=O. The van der Waals surface area contributed by atoms with Gasteiger partial charge in [-0.25, -0.2) is 4.52 Å². The van der Waals surface area contributed by atoms with Crippen LogP contribution in [0.4, 0.5) is 11.6 Å². The molecule has 0 radical (unpaired) electrons.